The van der Waals surface area contributed by atoms with E-state index in [1.165, 1.54) is 231 Å². The molecule has 0 spiro atoms. The van der Waals surface area contributed by atoms with Gasteiger partial charge in [-0.05, 0) is 103 Å². The molecule has 0 aromatic rings. The molecule has 0 aliphatic rings. The first-order valence-corrected chi connectivity index (χ1v) is 39.0. The van der Waals surface area contributed by atoms with E-state index in [2.05, 4.69) is 123 Å². The lowest BCUT2D eigenvalue weighted by atomic mass is 10.0. The first-order chi connectivity index (χ1) is 45.6. The van der Waals surface area contributed by atoms with E-state index in [4.69, 9.17) is 18.9 Å². The van der Waals surface area contributed by atoms with Gasteiger partial charge in [-0.15, -0.1) is 0 Å². The van der Waals surface area contributed by atoms with Crippen molar-refractivity contribution in [1.29, 1.82) is 0 Å². The van der Waals surface area contributed by atoms with E-state index in [9.17, 15) is 19.5 Å². The summed E-state index contributed by atoms with van der Waals surface area (Å²) in [4.78, 5) is 37.6. The van der Waals surface area contributed by atoms with E-state index in [0.717, 1.165) is 83.5 Å². The Hall–Kier alpha value is -4.05. The fourth-order valence-electron chi connectivity index (χ4n) is 11.1. The van der Waals surface area contributed by atoms with E-state index in [-0.39, 0.29) is 32.2 Å². The summed E-state index contributed by atoms with van der Waals surface area (Å²) in [6.45, 7) is 4.66. The fraction of sp³-hybridized carbons (Fsp3) is 0.750. The first-order valence-electron chi connectivity index (χ1n) is 39.0. The molecule has 0 heterocycles. The van der Waals surface area contributed by atoms with Crippen LogP contribution in [-0.4, -0.2) is 82.3 Å². The molecule has 0 aliphatic heterocycles. The van der Waals surface area contributed by atoms with Gasteiger partial charge in [-0.2, -0.15) is 0 Å². The Morgan fingerprint density at radius 2 is 0.613 bits per heavy atom. The number of likely N-dealkylation sites (N-methyl/N-ethyl adjacent to an activating group) is 1. The molecule has 0 amide bonds. The van der Waals surface area contributed by atoms with Crippen LogP contribution in [0.25, 0.3) is 0 Å². The van der Waals surface area contributed by atoms with Crippen LogP contribution in [0, 0.1) is 0 Å². The number of carboxylic acids is 1. The monoisotopic (exact) mass is 1300 g/mol. The van der Waals surface area contributed by atoms with Gasteiger partial charge >= 0.3 is 11.9 Å². The van der Waals surface area contributed by atoms with Crippen LogP contribution in [0.2, 0.25) is 0 Å². The molecule has 9 nitrogen and oxygen atoms in total. The number of hydrogen-bond donors (Lipinski definition) is 0. The van der Waals surface area contributed by atoms with Crippen LogP contribution in [0.5, 0.6) is 0 Å². The van der Waals surface area contributed by atoms with Crippen LogP contribution in [0.3, 0.4) is 0 Å². The van der Waals surface area contributed by atoms with E-state index >= 15 is 0 Å². The van der Waals surface area contributed by atoms with Crippen molar-refractivity contribution in [2.24, 2.45) is 0 Å². The number of quaternary nitrogens is 1. The summed E-state index contributed by atoms with van der Waals surface area (Å²) in [5.41, 5.74) is 0. The molecule has 0 N–H and O–H groups in total. The molecule has 0 aromatic heterocycles. The van der Waals surface area contributed by atoms with Crippen LogP contribution in [0.15, 0.2) is 109 Å². The number of carboxylic acid groups (broad SMARTS) is 1. The summed E-state index contributed by atoms with van der Waals surface area (Å²) in [5, 5.41) is 11.9. The van der Waals surface area contributed by atoms with Gasteiger partial charge in [0.2, 0.25) is 0 Å². The minimum Gasteiger partial charge on any atom is -0.545 e. The number of aliphatic carboxylic acids is 1. The largest absolute Gasteiger partial charge is 0.545 e. The highest BCUT2D eigenvalue weighted by molar-refractivity contribution is 5.70. The van der Waals surface area contributed by atoms with E-state index in [1.807, 2.05) is 21.1 Å². The van der Waals surface area contributed by atoms with E-state index < -0.39 is 24.3 Å². The van der Waals surface area contributed by atoms with Crippen LogP contribution in [0.1, 0.15) is 348 Å². The Kier molecular flexibility index (Phi) is 70.5. The van der Waals surface area contributed by atoms with Gasteiger partial charge in [-0.3, -0.25) is 9.59 Å². The number of nitrogens with zero attached hydrogens (tertiary/aromatic N) is 1. The van der Waals surface area contributed by atoms with Gasteiger partial charge in [0, 0.05) is 12.8 Å². The van der Waals surface area contributed by atoms with Crippen molar-refractivity contribution in [3.63, 3.8) is 0 Å². The Morgan fingerprint density at radius 3 is 0.914 bits per heavy atom. The van der Waals surface area contributed by atoms with Crippen molar-refractivity contribution in [3.05, 3.63) is 109 Å². The lowest BCUT2D eigenvalue weighted by molar-refractivity contribution is -0.870. The van der Waals surface area contributed by atoms with E-state index in [1.54, 1.807) is 0 Å². The van der Waals surface area contributed by atoms with Gasteiger partial charge in [-0.1, -0.05) is 342 Å². The molecule has 0 aromatic carbocycles. The number of rotatable bonds is 72. The molecule has 0 bridgehead atoms. The Labute approximate surface area is 575 Å². The normalized spacial score (nSPS) is 13.3. The quantitative estimate of drug-likeness (QED) is 0.0195. The van der Waals surface area contributed by atoms with Crippen LogP contribution < -0.4 is 5.11 Å². The van der Waals surface area contributed by atoms with Crippen molar-refractivity contribution in [3.8, 4) is 0 Å². The molecule has 536 valence electrons. The van der Waals surface area contributed by atoms with Crippen LogP contribution in [0.4, 0.5) is 0 Å². The number of carbonyl (C=O) groups excluding carboxylic acids is 3. The molecular formula is C84H147NO8. The maximum absolute atomic E-state index is 13.0. The zero-order valence-corrected chi connectivity index (χ0v) is 61.4. The molecule has 0 radical (unpaired) electrons. The third kappa shape index (κ3) is 75.2. The maximum Gasteiger partial charge on any atom is 0.306 e. The lowest BCUT2D eigenvalue weighted by Crippen LogP contribution is -2.44. The summed E-state index contributed by atoms with van der Waals surface area (Å²) in [5.74, 6) is -2.27. The minimum absolute atomic E-state index is 0.147. The molecule has 2 unspecified atom stereocenters. The second-order valence-corrected chi connectivity index (χ2v) is 27.3. The van der Waals surface area contributed by atoms with Gasteiger partial charge in [0.05, 0.1) is 40.3 Å². The first kappa shape index (κ1) is 89.0. The summed E-state index contributed by atoms with van der Waals surface area (Å²) in [6.07, 6.45) is 101. The second kappa shape index (κ2) is 73.8. The van der Waals surface area contributed by atoms with Crippen molar-refractivity contribution in [2.45, 2.75) is 360 Å². The number of ether oxygens (including phenoxy) is 4. The van der Waals surface area contributed by atoms with Gasteiger partial charge < -0.3 is 33.3 Å². The Bertz CT molecular complexity index is 1900. The number of carbonyl (C=O) groups is 3. The summed E-state index contributed by atoms with van der Waals surface area (Å²) in [7, 11) is 5.94. The van der Waals surface area contributed by atoms with Crippen LogP contribution in [-0.2, 0) is 33.3 Å². The van der Waals surface area contributed by atoms with Gasteiger partial charge in [0.25, 0.3) is 0 Å². The van der Waals surface area contributed by atoms with Crippen molar-refractivity contribution >= 4 is 17.9 Å². The summed E-state index contributed by atoms with van der Waals surface area (Å²) in [6, 6.07) is 0. The van der Waals surface area contributed by atoms with Gasteiger partial charge in [0.15, 0.2) is 12.4 Å². The number of allylic oxidation sites excluding steroid dienone is 18. The SMILES string of the molecule is CC/C=C\C/C=C\C/C=C\C/C=C\C/C=C\C/C=C\C/C=C\CCCCCCCCCCCCCCCCCCCCCC(=O)OC(COC(=O)CCCCCCCCCCCCCCCCC/C=C\C/C=C\CCCCCCC)COC(OCC[N+](C)(C)C)C(=O)[O-]. The van der Waals surface area contributed by atoms with E-state index in [0.29, 0.717) is 23.9 Å². The Balaban J connectivity index is 4.02. The standard InChI is InChI=1S/C84H147NO8/c1-6-8-10-12-14-16-18-20-22-24-26-28-30-32-34-35-36-37-38-39-40-41-42-43-44-45-46-47-49-51-53-55-57-59-61-63-65-67-69-71-73-75-82(87)93-80(79-92-84(83(88)89)90-77-76-85(3,4)5)78-91-81(86)74-72-70-68-66-64-62-60-58-56-54-52-50-48-33-31-29-27-25-23-21-19-17-15-13-11-9-7-2/h8,10,14,16,19-22,25-28,32,34,36-37,39-40,80,84H,6-7,9,11-13,15,17-18,23-24,29-31,33,35,38,41-79H2,1-5H3/b10-8-,16-14-,21-19-,22-20-,27-25-,28-26-,34-32-,37-36-,40-39-. The highest BCUT2D eigenvalue weighted by Gasteiger charge is 2.22. The maximum atomic E-state index is 13.0. The minimum atomic E-state index is -1.62. The molecule has 0 saturated carbocycles. The molecule has 0 saturated heterocycles. The highest BCUT2D eigenvalue weighted by Crippen LogP contribution is 2.18. The second-order valence-electron chi connectivity index (χ2n) is 27.3. The van der Waals surface area contributed by atoms with Crippen molar-refractivity contribution in [2.75, 3.05) is 47.5 Å². The van der Waals surface area contributed by atoms with Crippen LogP contribution >= 0.6 is 0 Å². The predicted octanol–water partition coefficient (Wildman–Crippen LogP) is 23.6. The third-order valence-corrected chi connectivity index (χ3v) is 17.0. The number of hydrogen-bond acceptors (Lipinski definition) is 8. The average molecular weight is 1300 g/mol. The zero-order valence-electron chi connectivity index (χ0n) is 61.4. The van der Waals surface area contributed by atoms with Crippen molar-refractivity contribution < 1.29 is 42.9 Å². The van der Waals surface area contributed by atoms with Gasteiger partial charge in [0.1, 0.15) is 13.2 Å². The van der Waals surface area contributed by atoms with Gasteiger partial charge in [-0.25, -0.2) is 0 Å². The third-order valence-electron chi connectivity index (χ3n) is 17.0. The summed E-state index contributed by atoms with van der Waals surface area (Å²) >= 11 is 0. The molecular weight excluding hydrogens is 1150 g/mol. The molecule has 9 heteroatoms. The molecule has 0 rings (SSSR count). The average Bonchev–Trinajstić information content (AvgIpc) is 3.38. The lowest BCUT2D eigenvalue weighted by Gasteiger charge is -2.26. The molecule has 2 atom stereocenters. The molecule has 93 heavy (non-hydrogen) atoms. The zero-order chi connectivity index (χ0) is 67.5. The number of unbranched alkanes of at least 4 members (excludes halogenated alkanes) is 39. The highest BCUT2D eigenvalue weighted by atomic mass is 16.7. The smallest absolute Gasteiger partial charge is 0.306 e. The summed E-state index contributed by atoms with van der Waals surface area (Å²) < 4.78 is 22.9. The molecule has 0 fully saturated rings. The topological polar surface area (TPSA) is 111 Å². The predicted molar refractivity (Wildman–Crippen MR) is 398 cm³/mol. The molecule has 0 aliphatic carbocycles. The number of esters is 2. The fourth-order valence-corrected chi connectivity index (χ4v) is 11.1. The van der Waals surface area contributed by atoms with Crippen molar-refractivity contribution in [1.82, 2.24) is 0 Å². The Morgan fingerprint density at radius 1 is 0.333 bits per heavy atom.